The number of hydrogen-bond acceptors (Lipinski definition) is 4. The largest absolute Gasteiger partial charge is 0.324 e. The van der Waals surface area contributed by atoms with Crippen LogP contribution in [0, 0.1) is 17.0 Å². The van der Waals surface area contributed by atoms with E-state index in [9.17, 15) is 14.9 Å². The highest BCUT2D eigenvalue weighted by molar-refractivity contribution is 5.98. The molecule has 5 nitrogen and oxygen atoms in total. The van der Waals surface area contributed by atoms with E-state index in [1.807, 2.05) is 0 Å². The highest BCUT2D eigenvalue weighted by Gasteiger charge is 2.11. The van der Waals surface area contributed by atoms with Gasteiger partial charge in [0.15, 0.2) is 5.78 Å². The van der Waals surface area contributed by atoms with Gasteiger partial charge in [-0.2, -0.15) is 0 Å². The summed E-state index contributed by atoms with van der Waals surface area (Å²) in [5.41, 5.74) is 6.05. The van der Waals surface area contributed by atoms with Crippen LogP contribution in [0.2, 0.25) is 0 Å². The van der Waals surface area contributed by atoms with Crippen LogP contribution in [0.4, 0.5) is 5.69 Å². The number of aryl methyl sites for hydroxylation is 1. The van der Waals surface area contributed by atoms with E-state index in [0.29, 0.717) is 11.1 Å². The van der Waals surface area contributed by atoms with Crippen LogP contribution in [0.15, 0.2) is 18.2 Å². The number of carbonyl (C=O) groups excluding carboxylic acids is 1. The third-order valence-electron chi connectivity index (χ3n) is 1.78. The van der Waals surface area contributed by atoms with Crippen molar-refractivity contribution in [2.24, 2.45) is 5.73 Å². The summed E-state index contributed by atoms with van der Waals surface area (Å²) in [7, 11) is 0. The molecule has 0 saturated heterocycles. The molecule has 0 aromatic heterocycles. The lowest BCUT2D eigenvalue weighted by Gasteiger charge is -2.00. The highest BCUT2D eigenvalue weighted by Crippen LogP contribution is 2.16. The smallest absolute Gasteiger partial charge is 0.270 e. The molecule has 0 radical (unpaired) electrons. The summed E-state index contributed by atoms with van der Waals surface area (Å²) in [6, 6.07) is 4.23. The van der Waals surface area contributed by atoms with E-state index in [-0.39, 0.29) is 18.0 Å². The number of hydrogen-bond donors (Lipinski definition) is 1. The molecule has 0 aliphatic heterocycles. The predicted octanol–water partition coefficient (Wildman–Crippen LogP) is 1.04. The number of rotatable bonds is 3. The number of benzene rings is 1. The van der Waals surface area contributed by atoms with Gasteiger partial charge in [0.05, 0.1) is 11.5 Å². The van der Waals surface area contributed by atoms with Crippen molar-refractivity contribution < 1.29 is 9.72 Å². The summed E-state index contributed by atoms with van der Waals surface area (Å²) in [6.07, 6.45) is 0. The molecule has 0 atom stereocenters. The standard InChI is InChI=1S/C9H10N2O3/c1-6-2-7(9(12)5-10)4-8(3-6)11(13)14/h2-4H,5,10H2,1H3. The minimum atomic E-state index is -0.527. The first-order valence-corrected chi connectivity index (χ1v) is 4.04. The maximum Gasteiger partial charge on any atom is 0.270 e. The van der Waals surface area contributed by atoms with E-state index in [2.05, 4.69) is 0 Å². The molecular formula is C9H10N2O3. The van der Waals surface area contributed by atoms with Crippen molar-refractivity contribution in [1.29, 1.82) is 0 Å². The molecule has 0 aliphatic carbocycles. The number of ketones is 1. The zero-order valence-electron chi connectivity index (χ0n) is 7.69. The number of carbonyl (C=O) groups is 1. The number of nitro groups is 1. The molecule has 0 spiro atoms. The molecular weight excluding hydrogens is 184 g/mol. The Balaban J connectivity index is 3.20. The van der Waals surface area contributed by atoms with Crippen LogP contribution in [-0.2, 0) is 0 Å². The molecule has 2 N–H and O–H groups in total. The van der Waals surface area contributed by atoms with Crippen molar-refractivity contribution in [2.75, 3.05) is 6.54 Å². The van der Waals surface area contributed by atoms with Gasteiger partial charge in [-0.1, -0.05) is 0 Å². The van der Waals surface area contributed by atoms with E-state index in [4.69, 9.17) is 5.73 Å². The molecule has 1 rings (SSSR count). The van der Waals surface area contributed by atoms with Gasteiger partial charge in [-0.15, -0.1) is 0 Å². The maximum atomic E-state index is 11.2. The number of nitrogens with zero attached hydrogens (tertiary/aromatic N) is 1. The molecule has 0 heterocycles. The second-order valence-corrected chi connectivity index (χ2v) is 2.94. The SMILES string of the molecule is Cc1cc(C(=O)CN)cc([N+](=O)[O-])c1. The molecule has 14 heavy (non-hydrogen) atoms. The molecule has 0 aliphatic rings. The topological polar surface area (TPSA) is 86.2 Å². The Bertz CT molecular complexity index is 388. The molecule has 0 amide bonds. The van der Waals surface area contributed by atoms with Gasteiger partial charge in [-0.05, 0) is 18.6 Å². The zero-order chi connectivity index (χ0) is 10.7. The van der Waals surface area contributed by atoms with Crippen LogP contribution in [-0.4, -0.2) is 17.3 Å². The van der Waals surface area contributed by atoms with Crippen LogP contribution in [0.3, 0.4) is 0 Å². The van der Waals surface area contributed by atoms with Gasteiger partial charge >= 0.3 is 0 Å². The molecule has 74 valence electrons. The fraction of sp³-hybridized carbons (Fsp3) is 0.222. The van der Waals surface area contributed by atoms with Crippen molar-refractivity contribution in [3.63, 3.8) is 0 Å². The van der Waals surface area contributed by atoms with Gasteiger partial charge in [0.2, 0.25) is 0 Å². The second-order valence-electron chi connectivity index (χ2n) is 2.94. The third kappa shape index (κ3) is 2.14. The Kier molecular flexibility index (Phi) is 2.93. The summed E-state index contributed by atoms with van der Waals surface area (Å²) in [6.45, 7) is 1.56. The highest BCUT2D eigenvalue weighted by atomic mass is 16.6. The number of Topliss-reactive ketones (excluding diaryl/α,β-unsaturated/α-hetero) is 1. The molecule has 5 heteroatoms. The lowest BCUT2D eigenvalue weighted by molar-refractivity contribution is -0.384. The molecule has 0 bridgehead atoms. The van der Waals surface area contributed by atoms with E-state index >= 15 is 0 Å². The monoisotopic (exact) mass is 194 g/mol. The lowest BCUT2D eigenvalue weighted by Crippen LogP contribution is -2.13. The summed E-state index contributed by atoms with van der Waals surface area (Å²) in [5.74, 6) is -0.295. The zero-order valence-corrected chi connectivity index (χ0v) is 7.69. The number of non-ortho nitro benzene ring substituents is 1. The summed E-state index contributed by atoms with van der Waals surface area (Å²) in [5, 5.41) is 10.5. The fourth-order valence-electron chi connectivity index (χ4n) is 1.15. The minimum Gasteiger partial charge on any atom is -0.324 e. The van der Waals surface area contributed by atoms with E-state index in [0.717, 1.165) is 0 Å². The lowest BCUT2D eigenvalue weighted by atomic mass is 10.1. The van der Waals surface area contributed by atoms with Crippen LogP contribution in [0.5, 0.6) is 0 Å². The second kappa shape index (κ2) is 3.97. The number of nitro benzene ring substituents is 1. The first kappa shape index (κ1) is 10.3. The normalized spacial score (nSPS) is 9.86. The van der Waals surface area contributed by atoms with Crippen molar-refractivity contribution in [3.8, 4) is 0 Å². The van der Waals surface area contributed by atoms with Crippen LogP contribution < -0.4 is 5.73 Å². The predicted molar refractivity (Wildman–Crippen MR) is 51.2 cm³/mol. The van der Waals surface area contributed by atoms with E-state index in [1.165, 1.54) is 12.1 Å². The first-order valence-electron chi connectivity index (χ1n) is 4.04. The van der Waals surface area contributed by atoms with E-state index < -0.39 is 4.92 Å². The van der Waals surface area contributed by atoms with Crippen molar-refractivity contribution in [1.82, 2.24) is 0 Å². The Hall–Kier alpha value is -1.75. The molecule has 0 saturated carbocycles. The van der Waals surface area contributed by atoms with Crippen molar-refractivity contribution in [2.45, 2.75) is 6.92 Å². The molecule has 0 fully saturated rings. The van der Waals surface area contributed by atoms with Crippen LogP contribution in [0.25, 0.3) is 0 Å². The number of nitrogens with two attached hydrogens (primary N) is 1. The Morgan fingerprint density at radius 1 is 1.50 bits per heavy atom. The van der Waals surface area contributed by atoms with Crippen LogP contribution >= 0.6 is 0 Å². The van der Waals surface area contributed by atoms with Crippen LogP contribution in [0.1, 0.15) is 15.9 Å². The summed E-state index contributed by atoms with van der Waals surface area (Å²) < 4.78 is 0. The van der Waals surface area contributed by atoms with Crippen molar-refractivity contribution >= 4 is 11.5 Å². The maximum absolute atomic E-state index is 11.2. The summed E-state index contributed by atoms with van der Waals surface area (Å²) >= 11 is 0. The third-order valence-corrected chi connectivity index (χ3v) is 1.78. The minimum absolute atomic E-state index is 0.0817. The average molecular weight is 194 g/mol. The van der Waals surface area contributed by atoms with Crippen molar-refractivity contribution in [3.05, 3.63) is 39.4 Å². The van der Waals surface area contributed by atoms with Gasteiger partial charge in [0.25, 0.3) is 5.69 Å². The molecule has 0 unspecified atom stereocenters. The average Bonchev–Trinajstić information content (AvgIpc) is 2.15. The quantitative estimate of drug-likeness (QED) is 0.442. The van der Waals surface area contributed by atoms with E-state index in [1.54, 1.807) is 13.0 Å². The Morgan fingerprint density at radius 3 is 2.64 bits per heavy atom. The molecule has 1 aromatic carbocycles. The molecule has 1 aromatic rings. The van der Waals surface area contributed by atoms with Gasteiger partial charge in [-0.3, -0.25) is 14.9 Å². The fourth-order valence-corrected chi connectivity index (χ4v) is 1.15. The van der Waals surface area contributed by atoms with Gasteiger partial charge < -0.3 is 5.73 Å². The van der Waals surface area contributed by atoms with Gasteiger partial charge in [0.1, 0.15) is 0 Å². The first-order chi connectivity index (χ1) is 6.54. The summed E-state index contributed by atoms with van der Waals surface area (Å²) in [4.78, 5) is 21.1. The van der Waals surface area contributed by atoms with Gasteiger partial charge in [-0.25, -0.2) is 0 Å². The van der Waals surface area contributed by atoms with Gasteiger partial charge in [0, 0.05) is 17.7 Å². The Labute approximate surface area is 80.7 Å². The Morgan fingerprint density at radius 2 is 2.14 bits per heavy atom.